The summed E-state index contributed by atoms with van der Waals surface area (Å²) in [5.41, 5.74) is 0.708. The maximum absolute atomic E-state index is 10.6. The summed E-state index contributed by atoms with van der Waals surface area (Å²) in [6.45, 7) is 28.8. The second kappa shape index (κ2) is 28.0. The zero-order valence-electron chi connectivity index (χ0n) is 21.5. The van der Waals surface area contributed by atoms with Crippen LogP contribution >= 0.6 is 0 Å². The molecule has 1 unspecified atom stereocenters. The van der Waals surface area contributed by atoms with Crippen LogP contribution in [-0.2, 0) is 14.4 Å². The molecule has 3 nitrogen and oxygen atoms in total. The minimum absolute atomic E-state index is 0.0995. The van der Waals surface area contributed by atoms with Gasteiger partial charge < -0.3 is 0 Å². The topological polar surface area (TPSA) is 51.2 Å². The number of carbonyl (C=O) groups is 3. The molecule has 0 N–H and O–H groups in total. The highest BCUT2D eigenvalue weighted by Crippen LogP contribution is 2.07. The molecule has 0 spiro atoms. The first-order valence-electron chi connectivity index (χ1n) is 11.0. The third-order valence-electron chi connectivity index (χ3n) is 3.79. The summed E-state index contributed by atoms with van der Waals surface area (Å²) < 4.78 is 0. The van der Waals surface area contributed by atoms with Crippen LogP contribution in [0, 0.1) is 17.8 Å². The summed E-state index contributed by atoms with van der Waals surface area (Å²) in [6.07, 6.45) is 3.72. The molecule has 0 saturated carbocycles. The number of hydrogen-bond acceptors (Lipinski definition) is 3. The van der Waals surface area contributed by atoms with Gasteiger partial charge in [-0.25, -0.2) is 0 Å². The number of Topliss-reactive ketones (excluding diaryl/α,β-unsaturated/α-hetero) is 3. The van der Waals surface area contributed by atoms with Crippen LogP contribution in [0.4, 0.5) is 0 Å². The summed E-state index contributed by atoms with van der Waals surface area (Å²) in [5, 5.41) is 0. The van der Waals surface area contributed by atoms with Gasteiger partial charge in [0.15, 0.2) is 5.78 Å². The Hall–Kier alpha value is -1.25. The van der Waals surface area contributed by atoms with Gasteiger partial charge in [-0.05, 0) is 57.9 Å². The van der Waals surface area contributed by atoms with E-state index in [2.05, 4.69) is 41.2 Å². The summed E-state index contributed by atoms with van der Waals surface area (Å²) in [4.78, 5) is 31.3. The highest BCUT2D eigenvalue weighted by molar-refractivity contribution is 5.92. The Morgan fingerprint density at radius 2 is 1.04 bits per heavy atom. The molecule has 0 amide bonds. The molecular formula is C25H52O3. The van der Waals surface area contributed by atoms with Crippen molar-refractivity contribution in [2.24, 2.45) is 17.8 Å². The van der Waals surface area contributed by atoms with Crippen molar-refractivity contribution in [3.05, 3.63) is 12.2 Å². The smallest absolute Gasteiger partial charge is 0.155 e. The molecule has 0 aliphatic carbocycles. The Balaban J connectivity index is -0.0000000832. The molecule has 0 aromatic carbocycles. The van der Waals surface area contributed by atoms with Gasteiger partial charge >= 0.3 is 0 Å². The largest absolute Gasteiger partial charge is 0.300 e. The zero-order chi connectivity index (χ0) is 23.9. The van der Waals surface area contributed by atoms with E-state index in [-0.39, 0.29) is 11.7 Å². The van der Waals surface area contributed by atoms with Gasteiger partial charge in [-0.15, -0.1) is 0 Å². The van der Waals surface area contributed by atoms with Gasteiger partial charge in [0.05, 0.1) is 0 Å². The van der Waals surface area contributed by atoms with E-state index in [4.69, 9.17) is 0 Å². The van der Waals surface area contributed by atoms with E-state index >= 15 is 0 Å². The molecule has 0 saturated heterocycles. The van der Waals surface area contributed by atoms with Crippen molar-refractivity contribution in [3.63, 3.8) is 0 Å². The monoisotopic (exact) mass is 400 g/mol. The Labute approximate surface area is 177 Å². The van der Waals surface area contributed by atoms with Crippen molar-refractivity contribution in [1.82, 2.24) is 0 Å². The fraction of sp³-hybridized carbons (Fsp3) is 0.800. The first-order chi connectivity index (χ1) is 12.8. The number of ketones is 3. The molecule has 0 rings (SSSR count). The fourth-order valence-corrected chi connectivity index (χ4v) is 1.40. The number of hydrogen-bond donors (Lipinski definition) is 0. The van der Waals surface area contributed by atoms with Gasteiger partial charge in [-0.1, -0.05) is 75.8 Å². The summed E-state index contributed by atoms with van der Waals surface area (Å²) in [7, 11) is 0. The molecule has 28 heavy (non-hydrogen) atoms. The molecule has 0 fully saturated rings. The normalized spacial score (nSPS) is 9.82. The number of rotatable bonds is 7. The predicted octanol–water partition coefficient (Wildman–Crippen LogP) is 7.86. The van der Waals surface area contributed by atoms with E-state index in [1.54, 1.807) is 13.8 Å². The minimum atomic E-state index is 0.0995. The molecule has 0 aromatic heterocycles. The van der Waals surface area contributed by atoms with Crippen molar-refractivity contribution in [1.29, 1.82) is 0 Å². The quantitative estimate of drug-likeness (QED) is 0.408. The van der Waals surface area contributed by atoms with E-state index in [1.807, 2.05) is 34.6 Å². The van der Waals surface area contributed by atoms with Crippen LogP contribution in [0.1, 0.15) is 116 Å². The molecule has 0 aliphatic rings. The predicted molar refractivity (Wildman–Crippen MR) is 127 cm³/mol. The number of allylic oxidation sites excluding steroid dienone is 1. The SMILES string of the molecule is C=C(CC)C(C)=O.CC.CC(C)C.CCC(C)C(C)=O.CCC(CC)C(C)=O. The van der Waals surface area contributed by atoms with Crippen molar-refractivity contribution in [2.45, 2.75) is 116 Å². The summed E-state index contributed by atoms with van der Waals surface area (Å²) in [5.74, 6) is 2.13. The van der Waals surface area contributed by atoms with E-state index in [9.17, 15) is 14.4 Å². The van der Waals surface area contributed by atoms with Crippen molar-refractivity contribution < 1.29 is 14.4 Å². The third kappa shape index (κ3) is 39.7. The fourth-order valence-electron chi connectivity index (χ4n) is 1.40. The summed E-state index contributed by atoms with van der Waals surface area (Å²) >= 11 is 0. The van der Waals surface area contributed by atoms with Crippen LogP contribution in [0.3, 0.4) is 0 Å². The van der Waals surface area contributed by atoms with Crippen molar-refractivity contribution in [2.75, 3.05) is 0 Å². The van der Waals surface area contributed by atoms with Crippen molar-refractivity contribution in [3.8, 4) is 0 Å². The van der Waals surface area contributed by atoms with Gasteiger partial charge in [0, 0.05) is 11.8 Å². The van der Waals surface area contributed by atoms with Crippen molar-refractivity contribution >= 4 is 17.3 Å². The number of carbonyl (C=O) groups excluding carboxylic acids is 3. The van der Waals surface area contributed by atoms with Gasteiger partial charge in [0.25, 0.3) is 0 Å². The lowest BCUT2D eigenvalue weighted by Gasteiger charge is -2.04. The van der Waals surface area contributed by atoms with Gasteiger partial charge in [-0.2, -0.15) is 0 Å². The Kier molecular flexibility index (Phi) is 37.4. The zero-order valence-corrected chi connectivity index (χ0v) is 21.5. The molecule has 0 aliphatic heterocycles. The minimum Gasteiger partial charge on any atom is -0.300 e. The van der Waals surface area contributed by atoms with Gasteiger partial charge in [0.2, 0.25) is 0 Å². The molecule has 0 aromatic rings. The second-order valence-corrected chi connectivity index (χ2v) is 7.29. The molecule has 0 heterocycles. The lowest BCUT2D eigenvalue weighted by Crippen LogP contribution is -2.07. The lowest BCUT2D eigenvalue weighted by atomic mass is 10.00. The standard InChI is InChI=1S/C7H14O.C6H12O.C6H10O.C4H10.C2H6/c1-4-7(5-2)6(3)8;2*1-4-5(2)6(3)7;1-4(2)3;1-2/h7H,4-5H2,1-3H3;5H,4H2,1-3H3;2,4H2,1,3H3;4H,1-3H3;1-2H3. The molecule has 0 bridgehead atoms. The molecule has 170 valence electrons. The molecule has 0 radical (unpaired) electrons. The van der Waals surface area contributed by atoms with E-state index in [1.165, 1.54) is 6.92 Å². The second-order valence-electron chi connectivity index (χ2n) is 7.29. The third-order valence-corrected chi connectivity index (χ3v) is 3.79. The summed E-state index contributed by atoms with van der Waals surface area (Å²) in [6, 6.07) is 0. The van der Waals surface area contributed by atoms with E-state index < -0.39 is 0 Å². The molecule has 3 heteroatoms. The molecular weight excluding hydrogens is 348 g/mol. The lowest BCUT2D eigenvalue weighted by molar-refractivity contribution is -0.121. The van der Waals surface area contributed by atoms with Crippen LogP contribution in [0.25, 0.3) is 0 Å². The maximum Gasteiger partial charge on any atom is 0.155 e. The molecule has 1 atom stereocenters. The van der Waals surface area contributed by atoms with Crippen LogP contribution in [0.15, 0.2) is 12.2 Å². The Morgan fingerprint density at radius 1 is 0.714 bits per heavy atom. The average molecular weight is 401 g/mol. The van der Waals surface area contributed by atoms with Gasteiger partial charge in [-0.3, -0.25) is 14.4 Å². The first kappa shape index (κ1) is 37.5. The highest BCUT2D eigenvalue weighted by Gasteiger charge is 2.06. The maximum atomic E-state index is 10.6. The van der Waals surface area contributed by atoms with Crippen LogP contribution in [0.2, 0.25) is 0 Å². The van der Waals surface area contributed by atoms with E-state index in [0.717, 1.165) is 31.6 Å². The van der Waals surface area contributed by atoms with E-state index in [0.29, 0.717) is 23.1 Å². The Bertz CT molecular complexity index is 374. The van der Waals surface area contributed by atoms with Crippen LogP contribution in [0.5, 0.6) is 0 Å². The van der Waals surface area contributed by atoms with Gasteiger partial charge in [0.1, 0.15) is 11.6 Å². The average Bonchev–Trinajstić information content (AvgIpc) is 2.63. The first-order valence-corrected chi connectivity index (χ1v) is 11.0. The van der Waals surface area contributed by atoms with Crippen LogP contribution < -0.4 is 0 Å². The Morgan fingerprint density at radius 3 is 1.04 bits per heavy atom. The highest BCUT2D eigenvalue weighted by atomic mass is 16.1. The van der Waals surface area contributed by atoms with Crippen LogP contribution in [-0.4, -0.2) is 17.3 Å².